The number of carbonyl (C=O) groups is 1. The molecule has 2 rings (SSSR count). The smallest absolute Gasteiger partial charge is 0.223 e. The quantitative estimate of drug-likeness (QED) is 0.696. The second kappa shape index (κ2) is 6.80. The topological polar surface area (TPSA) is 41.1 Å². The fourth-order valence-corrected chi connectivity index (χ4v) is 3.57. The summed E-state index contributed by atoms with van der Waals surface area (Å²) in [7, 11) is 0. The molecule has 1 atom stereocenters. The molecule has 2 aliphatic rings. The lowest BCUT2D eigenvalue weighted by Crippen LogP contribution is -2.34. The molecule has 0 aromatic carbocycles. The molecule has 1 amide bonds. The summed E-state index contributed by atoms with van der Waals surface area (Å²) in [5.41, 5.74) is 0.383. The average Bonchev–Trinajstić information content (AvgIpc) is 3.08. The third-order valence-electron chi connectivity index (χ3n) is 4.43. The maximum absolute atomic E-state index is 12.0. The molecule has 104 valence electrons. The van der Waals surface area contributed by atoms with E-state index in [-0.39, 0.29) is 0 Å². The monoisotopic (exact) mass is 270 g/mol. The van der Waals surface area contributed by atoms with Crippen molar-refractivity contribution in [1.29, 1.82) is 0 Å². The summed E-state index contributed by atoms with van der Waals surface area (Å²) in [4.78, 5) is 12.0. The summed E-state index contributed by atoms with van der Waals surface area (Å²) in [5, 5.41) is 6.50. The molecule has 1 aliphatic heterocycles. The Kier molecular flexibility index (Phi) is 5.37. The van der Waals surface area contributed by atoms with E-state index >= 15 is 0 Å². The highest BCUT2D eigenvalue weighted by atomic mass is 32.2. The van der Waals surface area contributed by atoms with Crippen LogP contribution in [-0.4, -0.2) is 37.6 Å². The Morgan fingerprint density at radius 3 is 2.83 bits per heavy atom. The predicted octanol–water partition coefficient (Wildman–Crippen LogP) is 2.03. The minimum atomic E-state index is 0.321. The summed E-state index contributed by atoms with van der Waals surface area (Å²) in [6, 6.07) is 0. The van der Waals surface area contributed by atoms with Crippen molar-refractivity contribution in [2.24, 2.45) is 11.3 Å². The molecule has 18 heavy (non-hydrogen) atoms. The first-order chi connectivity index (χ1) is 8.78. The molecule has 3 nitrogen and oxygen atoms in total. The van der Waals surface area contributed by atoms with Gasteiger partial charge >= 0.3 is 0 Å². The average molecular weight is 270 g/mol. The lowest BCUT2D eigenvalue weighted by molar-refractivity contribution is -0.123. The molecular weight excluding hydrogens is 244 g/mol. The lowest BCUT2D eigenvalue weighted by atomic mass is 9.92. The van der Waals surface area contributed by atoms with E-state index in [1.54, 1.807) is 0 Å². The van der Waals surface area contributed by atoms with Crippen LogP contribution in [0.25, 0.3) is 0 Å². The van der Waals surface area contributed by atoms with Crippen LogP contribution in [0.2, 0.25) is 0 Å². The Bertz CT molecular complexity index is 277. The molecule has 4 heteroatoms. The molecule has 1 heterocycles. The van der Waals surface area contributed by atoms with Crippen LogP contribution < -0.4 is 10.6 Å². The van der Waals surface area contributed by atoms with E-state index in [9.17, 15) is 4.79 Å². The number of hydrogen-bond acceptors (Lipinski definition) is 3. The van der Waals surface area contributed by atoms with Gasteiger partial charge in [-0.05, 0) is 62.6 Å². The highest BCUT2D eigenvalue weighted by molar-refractivity contribution is 7.98. The number of nitrogens with one attached hydrogen (secondary N) is 2. The summed E-state index contributed by atoms with van der Waals surface area (Å²) >= 11 is 1.90. The minimum Gasteiger partial charge on any atom is -0.356 e. The Labute approximate surface area is 115 Å². The number of rotatable bonds is 7. The third kappa shape index (κ3) is 3.64. The van der Waals surface area contributed by atoms with E-state index in [4.69, 9.17) is 0 Å². The highest BCUT2D eigenvalue weighted by Crippen LogP contribution is 2.58. The van der Waals surface area contributed by atoms with Crippen LogP contribution in [0.5, 0.6) is 0 Å². The Morgan fingerprint density at radius 1 is 1.33 bits per heavy atom. The van der Waals surface area contributed by atoms with Crippen molar-refractivity contribution in [2.45, 2.75) is 38.5 Å². The highest BCUT2D eigenvalue weighted by Gasteiger charge is 2.57. The second-order valence-electron chi connectivity index (χ2n) is 5.71. The molecule has 1 saturated carbocycles. The van der Waals surface area contributed by atoms with E-state index in [1.165, 1.54) is 31.4 Å². The van der Waals surface area contributed by atoms with Gasteiger partial charge in [0.15, 0.2) is 0 Å². The van der Waals surface area contributed by atoms with Crippen molar-refractivity contribution in [1.82, 2.24) is 10.6 Å². The largest absolute Gasteiger partial charge is 0.356 e. The maximum Gasteiger partial charge on any atom is 0.223 e. The second-order valence-corrected chi connectivity index (χ2v) is 6.70. The van der Waals surface area contributed by atoms with Crippen LogP contribution in [-0.2, 0) is 4.79 Å². The van der Waals surface area contributed by atoms with Crippen LogP contribution in [0.1, 0.15) is 38.5 Å². The van der Waals surface area contributed by atoms with Gasteiger partial charge in [0, 0.05) is 12.5 Å². The van der Waals surface area contributed by atoms with Crippen LogP contribution in [0.3, 0.4) is 0 Å². The first-order valence-corrected chi connectivity index (χ1v) is 8.65. The maximum atomic E-state index is 12.0. The van der Waals surface area contributed by atoms with Gasteiger partial charge in [0.25, 0.3) is 0 Å². The number of hydrogen-bond donors (Lipinski definition) is 2. The van der Waals surface area contributed by atoms with Crippen LogP contribution in [0, 0.1) is 11.3 Å². The normalized spacial score (nSPS) is 25.1. The molecule has 0 aromatic rings. The van der Waals surface area contributed by atoms with Crippen LogP contribution in [0.4, 0.5) is 0 Å². The third-order valence-corrected chi connectivity index (χ3v) is 5.13. The lowest BCUT2D eigenvalue weighted by Gasteiger charge is -2.23. The van der Waals surface area contributed by atoms with Gasteiger partial charge in [0.2, 0.25) is 5.91 Å². The van der Waals surface area contributed by atoms with Gasteiger partial charge in [-0.1, -0.05) is 6.42 Å². The van der Waals surface area contributed by atoms with E-state index < -0.39 is 0 Å². The number of carbonyl (C=O) groups excluding carboxylic acids is 1. The fraction of sp³-hybridized carbons (Fsp3) is 0.929. The minimum absolute atomic E-state index is 0.321. The van der Waals surface area contributed by atoms with Gasteiger partial charge in [0.05, 0.1) is 0 Å². The first kappa shape index (κ1) is 14.2. The fourth-order valence-electron chi connectivity index (χ4n) is 3.08. The van der Waals surface area contributed by atoms with Crippen molar-refractivity contribution in [2.75, 3.05) is 31.6 Å². The number of piperidine rings is 1. The van der Waals surface area contributed by atoms with Crippen molar-refractivity contribution < 1.29 is 4.79 Å². The van der Waals surface area contributed by atoms with Gasteiger partial charge in [-0.25, -0.2) is 0 Å². The number of amides is 1. The molecule has 2 N–H and O–H groups in total. The van der Waals surface area contributed by atoms with Crippen molar-refractivity contribution >= 4 is 17.7 Å². The van der Waals surface area contributed by atoms with Crippen molar-refractivity contribution in [3.8, 4) is 0 Å². The summed E-state index contributed by atoms with van der Waals surface area (Å²) < 4.78 is 0. The zero-order chi connectivity index (χ0) is 12.8. The van der Waals surface area contributed by atoms with Crippen molar-refractivity contribution in [3.05, 3.63) is 0 Å². The van der Waals surface area contributed by atoms with Crippen LogP contribution >= 0.6 is 11.8 Å². The Morgan fingerprint density at radius 2 is 2.11 bits per heavy atom. The predicted molar refractivity (Wildman–Crippen MR) is 77.9 cm³/mol. The first-order valence-electron chi connectivity index (χ1n) is 7.26. The molecule has 0 aromatic heterocycles. The van der Waals surface area contributed by atoms with E-state index in [0.717, 1.165) is 32.5 Å². The summed E-state index contributed by atoms with van der Waals surface area (Å²) in [6.07, 6.45) is 9.31. The summed E-state index contributed by atoms with van der Waals surface area (Å²) in [6.45, 7) is 3.06. The molecular formula is C14H26N2OS. The Balaban J connectivity index is 1.56. The summed E-state index contributed by atoms with van der Waals surface area (Å²) in [5.74, 6) is 1.89. The van der Waals surface area contributed by atoms with Crippen molar-refractivity contribution in [3.63, 3.8) is 0 Å². The zero-order valence-electron chi connectivity index (χ0n) is 11.5. The molecule has 1 saturated heterocycles. The SMILES string of the molecule is CSCCCCCNC(=O)C1CC12CCNCC2. The molecule has 2 fully saturated rings. The van der Waals surface area contributed by atoms with E-state index in [2.05, 4.69) is 16.9 Å². The van der Waals surface area contributed by atoms with E-state index in [1.807, 2.05) is 11.8 Å². The van der Waals surface area contributed by atoms with Gasteiger partial charge in [-0.15, -0.1) is 0 Å². The standard InChI is InChI=1S/C14H26N2OS/c1-18-10-4-2-3-7-16-13(17)12-11-14(12)5-8-15-9-6-14/h12,15H,2-11H2,1H3,(H,16,17). The van der Waals surface area contributed by atoms with Gasteiger partial charge in [0.1, 0.15) is 0 Å². The molecule has 1 aliphatic carbocycles. The molecule has 1 spiro atoms. The van der Waals surface area contributed by atoms with Crippen LogP contribution in [0.15, 0.2) is 0 Å². The Hall–Kier alpha value is -0.220. The zero-order valence-corrected chi connectivity index (χ0v) is 12.3. The number of thioether (sulfide) groups is 1. The number of unbranched alkanes of at least 4 members (excludes halogenated alkanes) is 2. The van der Waals surface area contributed by atoms with Gasteiger partial charge < -0.3 is 10.6 Å². The molecule has 1 unspecified atom stereocenters. The molecule has 0 radical (unpaired) electrons. The van der Waals surface area contributed by atoms with Gasteiger partial charge in [-0.3, -0.25) is 4.79 Å². The van der Waals surface area contributed by atoms with Gasteiger partial charge in [-0.2, -0.15) is 11.8 Å². The molecule has 0 bridgehead atoms. The van der Waals surface area contributed by atoms with E-state index in [0.29, 0.717) is 17.2 Å².